The molecule has 0 spiro atoms. The van der Waals surface area contributed by atoms with Crippen LogP contribution in [0, 0.1) is 13.8 Å². The summed E-state index contributed by atoms with van der Waals surface area (Å²) in [6.07, 6.45) is 0. The Labute approximate surface area is 289 Å². The summed E-state index contributed by atoms with van der Waals surface area (Å²) in [7, 11) is 3.43. The number of rotatable bonds is 2. The molecule has 8 aromatic rings. The quantitative estimate of drug-likeness (QED) is 0.161. The first-order valence-electron chi connectivity index (χ1n) is 17.3. The molecule has 0 radical (unpaired) electrons. The van der Waals surface area contributed by atoms with Crippen LogP contribution in [0.3, 0.4) is 0 Å². The van der Waals surface area contributed by atoms with Gasteiger partial charge in [0.2, 0.25) is 0 Å². The Hall–Kier alpha value is -5.87. The van der Waals surface area contributed by atoms with Crippen LogP contribution in [-0.4, -0.2) is 27.6 Å². The molecule has 0 N–H and O–H groups in total. The SMILES string of the molecule is COc1ccc2c(c1)Oc1cc(OC)cc3c1B2c1cc2ccc4c5c(cc6ccc-3c1c6c25)B1c2ccc(C)cc2Oc2cc(C)cc-4c21. The van der Waals surface area contributed by atoms with Crippen molar-refractivity contribution in [3.05, 3.63) is 108 Å². The minimum Gasteiger partial charge on any atom is -0.497 e. The second kappa shape index (κ2) is 9.02. The van der Waals surface area contributed by atoms with Crippen molar-refractivity contribution >= 4 is 78.5 Å². The fourth-order valence-corrected chi connectivity index (χ4v) is 9.82. The molecule has 12 rings (SSSR count). The summed E-state index contributed by atoms with van der Waals surface area (Å²) in [6, 6.07) is 36.0. The van der Waals surface area contributed by atoms with Crippen LogP contribution in [0.1, 0.15) is 11.1 Å². The predicted octanol–water partition coefficient (Wildman–Crippen LogP) is 6.42. The zero-order valence-corrected chi connectivity index (χ0v) is 28.0. The first kappa shape index (κ1) is 27.0. The van der Waals surface area contributed by atoms with Gasteiger partial charge in [-0.3, -0.25) is 0 Å². The zero-order valence-electron chi connectivity index (χ0n) is 28.0. The molecule has 0 saturated heterocycles. The number of methoxy groups -OCH3 is 2. The lowest BCUT2D eigenvalue weighted by Gasteiger charge is -2.36. The standard InChI is InChI=1S/C44H28B2O4/c1-21-5-11-31-35(14-21)49-37-15-22(2)13-29-27-9-6-23-17-34-42-28(10-7-24-16-33(45(31)43(29)37)41(27)39(23)40(24)42)30-18-26(48-4)20-38-44(30)46(34)32-12-8-25(47-3)19-36(32)50-38/h5-20H,1-4H3. The number of ether oxygens (including phenoxy) is 4. The third-order valence-corrected chi connectivity index (χ3v) is 11.8. The van der Waals surface area contributed by atoms with E-state index < -0.39 is 0 Å². The third-order valence-electron chi connectivity index (χ3n) is 11.8. The number of hydrogen-bond acceptors (Lipinski definition) is 4. The van der Waals surface area contributed by atoms with Gasteiger partial charge in [0.05, 0.1) is 14.2 Å². The van der Waals surface area contributed by atoms with Crippen molar-refractivity contribution in [2.45, 2.75) is 13.8 Å². The highest BCUT2D eigenvalue weighted by atomic mass is 16.5. The van der Waals surface area contributed by atoms with Crippen LogP contribution >= 0.6 is 0 Å². The Morgan fingerprint density at radius 1 is 0.420 bits per heavy atom. The van der Waals surface area contributed by atoms with E-state index in [4.69, 9.17) is 18.9 Å². The highest BCUT2D eigenvalue weighted by Crippen LogP contribution is 2.47. The highest BCUT2D eigenvalue weighted by molar-refractivity contribution is 7.01. The smallest absolute Gasteiger partial charge is 0.252 e. The van der Waals surface area contributed by atoms with Crippen LogP contribution in [0.5, 0.6) is 34.5 Å². The van der Waals surface area contributed by atoms with E-state index in [-0.39, 0.29) is 13.4 Å². The van der Waals surface area contributed by atoms with Gasteiger partial charge in [-0.15, -0.1) is 0 Å². The molecule has 0 aromatic heterocycles. The molecule has 8 aromatic carbocycles. The molecule has 0 saturated carbocycles. The number of hydrogen-bond donors (Lipinski definition) is 0. The fourth-order valence-electron chi connectivity index (χ4n) is 9.82. The second-order valence-electron chi connectivity index (χ2n) is 14.4. The first-order valence-corrected chi connectivity index (χ1v) is 17.3. The molecule has 4 aliphatic rings. The Morgan fingerprint density at radius 3 is 1.60 bits per heavy atom. The van der Waals surface area contributed by atoms with Crippen molar-refractivity contribution < 1.29 is 18.9 Å². The number of benzene rings is 8. The molecule has 4 heterocycles. The highest BCUT2D eigenvalue weighted by Gasteiger charge is 2.43. The monoisotopic (exact) mass is 642 g/mol. The minimum absolute atomic E-state index is 0.00525. The van der Waals surface area contributed by atoms with Crippen molar-refractivity contribution in [3.63, 3.8) is 0 Å². The molecule has 4 nitrogen and oxygen atoms in total. The fraction of sp³-hybridized carbons (Fsp3) is 0.0909. The molecular formula is C44H28B2O4. The first-order chi connectivity index (χ1) is 24.5. The third kappa shape index (κ3) is 3.16. The van der Waals surface area contributed by atoms with E-state index in [9.17, 15) is 0 Å². The Kier molecular flexibility index (Phi) is 4.87. The molecule has 6 heteroatoms. The maximum atomic E-state index is 6.69. The largest absolute Gasteiger partial charge is 0.497 e. The van der Waals surface area contributed by atoms with Gasteiger partial charge in [-0.2, -0.15) is 0 Å². The van der Waals surface area contributed by atoms with E-state index in [0.717, 1.165) is 40.0 Å². The predicted molar refractivity (Wildman–Crippen MR) is 206 cm³/mol. The van der Waals surface area contributed by atoms with E-state index in [1.165, 1.54) is 93.0 Å². The lowest BCUT2D eigenvalue weighted by Crippen LogP contribution is -2.58. The summed E-state index contributed by atoms with van der Waals surface area (Å²) in [5, 5.41) is 7.88. The Balaban J connectivity index is 1.24. The van der Waals surface area contributed by atoms with E-state index >= 15 is 0 Å². The average molecular weight is 642 g/mol. The molecule has 234 valence electrons. The molecule has 0 fully saturated rings. The summed E-state index contributed by atoms with van der Waals surface area (Å²) in [5.74, 6) is 5.16. The second-order valence-corrected chi connectivity index (χ2v) is 14.4. The molecule has 0 amide bonds. The Bertz CT molecular complexity index is 2890. The maximum absolute atomic E-state index is 6.69. The average Bonchev–Trinajstić information content (AvgIpc) is 3.13. The van der Waals surface area contributed by atoms with Crippen LogP contribution in [0.4, 0.5) is 0 Å². The number of fused-ring (bicyclic) bond motifs is 8. The molecule has 0 atom stereocenters. The van der Waals surface area contributed by atoms with Crippen molar-refractivity contribution in [1.29, 1.82) is 0 Å². The maximum Gasteiger partial charge on any atom is 0.252 e. The Morgan fingerprint density at radius 2 is 0.960 bits per heavy atom. The van der Waals surface area contributed by atoms with Gasteiger partial charge in [0.1, 0.15) is 34.5 Å². The van der Waals surface area contributed by atoms with Gasteiger partial charge in [-0.25, -0.2) is 0 Å². The van der Waals surface area contributed by atoms with Crippen LogP contribution in [0.15, 0.2) is 97.1 Å². The zero-order chi connectivity index (χ0) is 33.2. The molecule has 4 aliphatic heterocycles. The van der Waals surface area contributed by atoms with Gasteiger partial charge < -0.3 is 18.9 Å². The topological polar surface area (TPSA) is 36.9 Å². The van der Waals surface area contributed by atoms with Gasteiger partial charge in [0.15, 0.2) is 0 Å². The van der Waals surface area contributed by atoms with Gasteiger partial charge in [0, 0.05) is 12.1 Å². The van der Waals surface area contributed by atoms with Crippen LogP contribution < -0.4 is 51.7 Å². The van der Waals surface area contributed by atoms with Crippen LogP contribution in [-0.2, 0) is 0 Å². The normalized spacial score (nSPS) is 13.8. The molecule has 0 unspecified atom stereocenters. The van der Waals surface area contributed by atoms with Gasteiger partial charge in [-0.05, 0) is 126 Å². The van der Waals surface area contributed by atoms with Crippen molar-refractivity contribution in [1.82, 2.24) is 0 Å². The lowest BCUT2D eigenvalue weighted by molar-refractivity contribution is 0.405. The molecule has 50 heavy (non-hydrogen) atoms. The molecule has 0 bridgehead atoms. The van der Waals surface area contributed by atoms with Crippen molar-refractivity contribution in [2.75, 3.05) is 14.2 Å². The summed E-state index contributed by atoms with van der Waals surface area (Å²) in [6.45, 7) is 4.41. The lowest BCUT2D eigenvalue weighted by atomic mass is 9.32. The molecule has 0 aliphatic carbocycles. The van der Waals surface area contributed by atoms with Crippen LogP contribution in [0.25, 0.3) is 54.6 Å². The van der Waals surface area contributed by atoms with Gasteiger partial charge >= 0.3 is 0 Å². The molecular weight excluding hydrogens is 614 g/mol. The van der Waals surface area contributed by atoms with Crippen molar-refractivity contribution in [2.24, 2.45) is 0 Å². The summed E-state index contributed by atoms with van der Waals surface area (Å²) in [5.41, 5.74) is 14.9. The summed E-state index contributed by atoms with van der Waals surface area (Å²) in [4.78, 5) is 0. The summed E-state index contributed by atoms with van der Waals surface area (Å²) < 4.78 is 24.8. The van der Waals surface area contributed by atoms with E-state index in [1.807, 2.05) is 12.1 Å². The van der Waals surface area contributed by atoms with E-state index in [0.29, 0.717) is 0 Å². The van der Waals surface area contributed by atoms with Gasteiger partial charge in [-0.1, -0.05) is 71.6 Å². The van der Waals surface area contributed by atoms with Crippen molar-refractivity contribution in [3.8, 4) is 56.8 Å². The minimum atomic E-state index is 0.00525. The summed E-state index contributed by atoms with van der Waals surface area (Å²) >= 11 is 0. The van der Waals surface area contributed by atoms with E-state index in [1.54, 1.807) is 14.2 Å². The van der Waals surface area contributed by atoms with Gasteiger partial charge in [0.25, 0.3) is 13.4 Å². The van der Waals surface area contributed by atoms with Crippen LogP contribution in [0.2, 0.25) is 0 Å². The number of aryl methyl sites for hydroxylation is 2. The van der Waals surface area contributed by atoms with E-state index in [2.05, 4.69) is 98.8 Å².